The first-order chi connectivity index (χ1) is 17.2. The summed E-state index contributed by atoms with van der Waals surface area (Å²) in [4.78, 5) is 14.9. The van der Waals surface area contributed by atoms with E-state index in [0.29, 0.717) is 42.0 Å². The number of alkyl halides is 3. The van der Waals surface area contributed by atoms with Gasteiger partial charge in [-0.2, -0.15) is 18.3 Å². The summed E-state index contributed by atoms with van der Waals surface area (Å²) in [6.07, 6.45) is -1.83. The number of benzene rings is 2. The molecule has 1 aromatic heterocycles. The molecule has 0 aliphatic heterocycles. The smallest absolute Gasteiger partial charge is 0.435 e. The number of halogens is 3. The summed E-state index contributed by atoms with van der Waals surface area (Å²) < 4.78 is 47.3. The summed E-state index contributed by atoms with van der Waals surface area (Å²) in [5, 5.41) is 6.94. The van der Waals surface area contributed by atoms with Crippen LogP contribution in [0.15, 0.2) is 54.6 Å². The number of fused-ring (bicyclic) bond motifs is 1. The largest absolute Gasteiger partial charge is 0.492 e. The maximum atomic E-state index is 13.4. The fourth-order valence-electron chi connectivity index (χ4n) is 4.56. The van der Waals surface area contributed by atoms with Crippen molar-refractivity contribution in [2.75, 3.05) is 27.2 Å². The topological polar surface area (TPSA) is 59.4 Å². The molecule has 4 rings (SSSR count). The Hall–Kier alpha value is -3.33. The van der Waals surface area contributed by atoms with Crippen LogP contribution in [0.25, 0.3) is 0 Å². The number of hydrogen-bond donors (Lipinski definition) is 1. The third kappa shape index (κ3) is 6.26. The Labute approximate surface area is 209 Å². The predicted molar refractivity (Wildman–Crippen MR) is 131 cm³/mol. The van der Waals surface area contributed by atoms with Gasteiger partial charge in [0.05, 0.1) is 12.6 Å². The first-order valence-electron chi connectivity index (χ1n) is 12.1. The minimum absolute atomic E-state index is 0.161. The van der Waals surface area contributed by atoms with E-state index in [1.54, 1.807) is 24.3 Å². The fraction of sp³-hybridized carbons (Fsp3) is 0.407. The van der Waals surface area contributed by atoms with Gasteiger partial charge in [0, 0.05) is 23.4 Å². The van der Waals surface area contributed by atoms with Crippen molar-refractivity contribution in [1.29, 1.82) is 0 Å². The maximum absolute atomic E-state index is 13.4. The van der Waals surface area contributed by atoms with Gasteiger partial charge in [-0.3, -0.25) is 9.48 Å². The highest BCUT2D eigenvalue weighted by Gasteiger charge is 2.39. The van der Waals surface area contributed by atoms with Gasteiger partial charge in [-0.1, -0.05) is 30.3 Å². The van der Waals surface area contributed by atoms with Gasteiger partial charge in [0.25, 0.3) is 5.91 Å². The number of nitrogens with one attached hydrogen (secondary N) is 1. The van der Waals surface area contributed by atoms with Crippen LogP contribution in [0.3, 0.4) is 0 Å². The molecule has 6 nitrogen and oxygen atoms in total. The predicted octanol–water partition coefficient (Wildman–Crippen LogP) is 4.89. The molecule has 192 valence electrons. The summed E-state index contributed by atoms with van der Waals surface area (Å²) in [6, 6.07) is 16.4. The number of carbonyl (C=O) groups excluding carboxylic acids is 1. The highest BCUT2D eigenvalue weighted by molar-refractivity contribution is 5.94. The van der Waals surface area contributed by atoms with Crippen LogP contribution in [-0.4, -0.2) is 47.8 Å². The Morgan fingerprint density at radius 3 is 2.44 bits per heavy atom. The van der Waals surface area contributed by atoms with E-state index in [0.717, 1.165) is 18.4 Å². The average Bonchev–Trinajstić information content (AvgIpc) is 3.24. The molecule has 1 unspecified atom stereocenters. The van der Waals surface area contributed by atoms with Crippen molar-refractivity contribution in [3.05, 3.63) is 82.7 Å². The summed E-state index contributed by atoms with van der Waals surface area (Å²) in [7, 11) is 3.91. The number of aromatic nitrogens is 2. The van der Waals surface area contributed by atoms with Crippen molar-refractivity contribution in [2.45, 2.75) is 44.4 Å². The monoisotopic (exact) mass is 500 g/mol. The van der Waals surface area contributed by atoms with Gasteiger partial charge in [-0.25, -0.2) is 0 Å². The molecule has 0 fully saturated rings. The number of amides is 1. The number of carbonyl (C=O) groups is 1. The van der Waals surface area contributed by atoms with Gasteiger partial charge in [-0.05, 0) is 69.6 Å². The molecule has 0 bridgehead atoms. The second-order valence-corrected chi connectivity index (χ2v) is 9.27. The van der Waals surface area contributed by atoms with E-state index >= 15 is 0 Å². The number of nitrogens with zero attached hydrogens (tertiary/aromatic N) is 3. The first-order valence-corrected chi connectivity index (χ1v) is 12.1. The minimum atomic E-state index is -4.45. The van der Waals surface area contributed by atoms with Crippen molar-refractivity contribution in [3.8, 4) is 5.75 Å². The first kappa shape index (κ1) is 25.8. The van der Waals surface area contributed by atoms with Crippen molar-refractivity contribution in [2.24, 2.45) is 0 Å². The van der Waals surface area contributed by atoms with Crippen LogP contribution in [-0.2, 0) is 25.6 Å². The highest BCUT2D eigenvalue weighted by Crippen LogP contribution is 2.35. The highest BCUT2D eigenvalue weighted by atomic mass is 19.4. The van der Waals surface area contributed by atoms with E-state index < -0.39 is 11.9 Å². The molecule has 1 heterocycles. The standard InChI is InChI=1S/C27H31F3N4O2/c1-33(2)18-23(19-8-4-3-5-9-19)31-26(35)20-12-14-21(15-13-20)36-17-16-34-24-11-7-6-10-22(24)25(32-34)27(28,29)30/h3-5,8-9,12-15,23H,6-7,10-11,16-18H2,1-2H3,(H,31,35). The Bertz CT molecular complexity index is 1160. The molecule has 3 aromatic rings. The van der Waals surface area contributed by atoms with E-state index in [-0.39, 0.29) is 25.1 Å². The molecule has 1 aliphatic carbocycles. The molecule has 1 aliphatic rings. The van der Waals surface area contributed by atoms with E-state index in [4.69, 9.17) is 4.74 Å². The Morgan fingerprint density at radius 1 is 1.08 bits per heavy atom. The Kier molecular flexibility index (Phi) is 7.98. The number of likely N-dealkylation sites (N-methyl/N-ethyl adjacent to an activating group) is 1. The van der Waals surface area contributed by atoms with Gasteiger partial charge < -0.3 is 15.0 Å². The molecule has 0 spiro atoms. The summed E-state index contributed by atoms with van der Waals surface area (Å²) >= 11 is 0. The summed E-state index contributed by atoms with van der Waals surface area (Å²) in [5.41, 5.74) is 1.74. The van der Waals surface area contributed by atoms with Crippen molar-refractivity contribution in [3.63, 3.8) is 0 Å². The van der Waals surface area contributed by atoms with Crippen LogP contribution in [0.2, 0.25) is 0 Å². The number of hydrogen-bond acceptors (Lipinski definition) is 4. The van der Waals surface area contributed by atoms with Crippen LogP contribution >= 0.6 is 0 Å². The van der Waals surface area contributed by atoms with Crippen LogP contribution in [0.1, 0.15) is 51.8 Å². The maximum Gasteiger partial charge on any atom is 0.435 e. The van der Waals surface area contributed by atoms with E-state index in [1.165, 1.54) is 4.68 Å². The Balaban J connectivity index is 1.36. The van der Waals surface area contributed by atoms with Crippen LogP contribution in [0, 0.1) is 0 Å². The lowest BCUT2D eigenvalue weighted by molar-refractivity contribution is -0.142. The zero-order valence-corrected chi connectivity index (χ0v) is 20.5. The van der Waals surface area contributed by atoms with Gasteiger partial charge in [0.1, 0.15) is 12.4 Å². The number of ether oxygens (including phenoxy) is 1. The lowest BCUT2D eigenvalue weighted by atomic mass is 9.95. The molecule has 1 atom stereocenters. The summed E-state index contributed by atoms with van der Waals surface area (Å²) in [5.74, 6) is 0.344. The molecule has 1 N–H and O–H groups in total. The third-order valence-electron chi connectivity index (χ3n) is 6.27. The molecule has 0 radical (unpaired) electrons. The molecule has 2 aromatic carbocycles. The Morgan fingerprint density at radius 2 is 1.78 bits per heavy atom. The third-order valence-corrected chi connectivity index (χ3v) is 6.27. The molecule has 0 saturated heterocycles. The SMILES string of the molecule is CN(C)CC(NC(=O)c1ccc(OCCn2nc(C(F)(F)F)c3c2CCCC3)cc1)c1ccccc1. The van der Waals surface area contributed by atoms with Crippen LogP contribution < -0.4 is 10.1 Å². The van der Waals surface area contributed by atoms with Gasteiger partial charge in [-0.15, -0.1) is 0 Å². The van der Waals surface area contributed by atoms with E-state index in [2.05, 4.69) is 10.4 Å². The van der Waals surface area contributed by atoms with Crippen molar-refractivity contribution >= 4 is 5.91 Å². The zero-order valence-electron chi connectivity index (χ0n) is 20.5. The molecule has 0 saturated carbocycles. The number of rotatable bonds is 9. The normalized spacial score (nSPS) is 14.4. The van der Waals surface area contributed by atoms with Gasteiger partial charge in [0.15, 0.2) is 5.69 Å². The summed E-state index contributed by atoms with van der Waals surface area (Å²) in [6.45, 7) is 1.06. The minimum Gasteiger partial charge on any atom is -0.492 e. The second kappa shape index (κ2) is 11.2. The average molecular weight is 501 g/mol. The second-order valence-electron chi connectivity index (χ2n) is 9.27. The van der Waals surface area contributed by atoms with Crippen LogP contribution in [0.4, 0.5) is 13.2 Å². The lowest BCUT2D eigenvalue weighted by Crippen LogP contribution is -2.35. The molecular weight excluding hydrogens is 469 g/mol. The fourth-order valence-corrected chi connectivity index (χ4v) is 4.56. The van der Waals surface area contributed by atoms with E-state index in [9.17, 15) is 18.0 Å². The van der Waals surface area contributed by atoms with Gasteiger partial charge in [0.2, 0.25) is 0 Å². The lowest BCUT2D eigenvalue weighted by Gasteiger charge is -2.23. The van der Waals surface area contributed by atoms with E-state index in [1.807, 2.05) is 49.3 Å². The quantitative estimate of drug-likeness (QED) is 0.455. The van der Waals surface area contributed by atoms with Crippen molar-refractivity contribution in [1.82, 2.24) is 20.0 Å². The molecular formula is C27H31F3N4O2. The molecule has 1 amide bonds. The zero-order chi connectivity index (χ0) is 25.7. The molecule has 9 heteroatoms. The van der Waals surface area contributed by atoms with Crippen LogP contribution in [0.5, 0.6) is 5.75 Å². The van der Waals surface area contributed by atoms with Crippen molar-refractivity contribution < 1.29 is 22.7 Å². The van der Waals surface area contributed by atoms with Gasteiger partial charge >= 0.3 is 6.18 Å². The molecule has 36 heavy (non-hydrogen) atoms.